The van der Waals surface area contributed by atoms with Gasteiger partial charge in [0.05, 0.1) is 22.4 Å². The van der Waals surface area contributed by atoms with Gasteiger partial charge >= 0.3 is 12.1 Å². The second-order valence-electron chi connectivity index (χ2n) is 19.7. The summed E-state index contributed by atoms with van der Waals surface area (Å²) < 4.78 is 82.4. The zero-order chi connectivity index (χ0) is 59.6. The number of likely N-dealkylation sites (N-methyl/N-ethyl adjacent to an activating group) is 2. The molecule has 0 aliphatic carbocycles. The topological polar surface area (TPSA) is 397 Å². The molecule has 3 fully saturated rings. The van der Waals surface area contributed by atoms with E-state index in [1.807, 2.05) is 20.8 Å². The van der Waals surface area contributed by atoms with Crippen LogP contribution >= 0.6 is 0 Å². The summed E-state index contributed by atoms with van der Waals surface area (Å²) in [5.41, 5.74) is 1.42. The van der Waals surface area contributed by atoms with E-state index in [1.54, 1.807) is 37.5 Å². The third kappa shape index (κ3) is 14.5. The monoisotopic (exact) mass is 1190 g/mol. The predicted molar refractivity (Wildman–Crippen MR) is 299 cm³/mol. The number of nitrogens with zero attached hydrogens (tertiary/aromatic N) is 8. The van der Waals surface area contributed by atoms with E-state index in [0.29, 0.717) is 31.8 Å². The molecule has 32 heteroatoms. The van der Waals surface area contributed by atoms with E-state index in [-0.39, 0.29) is 55.4 Å². The van der Waals surface area contributed by atoms with E-state index in [4.69, 9.17) is 18.9 Å². The highest BCUT2D eigenvalue weighted by molar-refractivity contribution is 7.89. The van der Waals surface area contributed by atoms with Gasteiger partial charge in [-0.3, -0.25) is 29.4 Å². The molecule has 448 valence electrons. The van der Waals surface area contributed by atoms with Crippen molar-refractivity contribution in [3.63, 3.8) is 0 Å². The van der Waals surface area contributed by atoms with E-state index < -0.39 is 92.9 Å². The zero-order valence-corrected chi connectivity index (χ0v) is 47.9. The number of urea groups is 2. The van der Waals surface area contributed by atoms with Gasteiger partial charge in [0, 0.05) is 37.6 Å². The first-order chi connectivity index (χ1) is 39.7. The predicted octanol–water partition coefficient (Wildman–Crippen LogP) is 3.19. The Hall–Kier alpha value is -7.40. The van der Waals surface area contributed by atoms with Gasteiger partial charge in [0.2, 0.25) is 20.0 Å². The third-order valence-electron chi connectivity index (χ3n) is 13.2. The Kier molecular flexibility index (Phi) is 20.0. The van der Waals surface area contributed by atoms with Crippen LogP contribution in [-0.2, 0) is 48.6 Å². The number of hydrogen-bond acceptors (Lipinski definition) is 20. The number of carbonyl (C=O) groups excluding carboxylic acids is 4. The van der Waals surface area contributed by atoms with E-state index in [0.717, 1.165) is 44.9 Å². The number of imidazole rings is 2. The van der Waals surface area contributed by atoms with Crippen LogP contribution in [0.25, 0.3) is 22.3 Å². The average Bonchev–Trinajstić information content (AvgIpc) is 4.36. The number of unbranched alkanes of at least 4 members (excludes halogenated alkanes) is 4. The first-order valence-electron chi connectivity index (χ1n) is 27.0. The van der Waals surface area contributed by atoms with Gasteiger partial charge in [-0.05, 0) is 76.9 Å². The smallest absolute Gasteiger partial charge is 0.324 e. The molecule has 4 aromatic heterocycles. The van der Waals surface area contributed by atoms with Gasteiger partial charge in [-0.25, -0.2) is 65.8 Å². The number of aliphatic hydroxyl groups is 2. The minimum Gasteiger partial charge on any atom is -0.387 e. The fraction of sp³-hybridized carbons (Fsp3) is 0.490. The van der Waals surface area contributed by atoms with Crippen molar-refractivity contribution in [3.8, 4) is 0 Å². The molecular formula is C51H68N16O14S2. The lowest BCUT2D eigenvalue weighted by atomic mass is 10.1. The molecule has 2 aromatic carbocycles. The number of anilines is 4. The van der Waals surface area contributed by atoms with Crippen molar-refractivity contribution in [2.24, 2.45) is 0 Å². The van der Waals surface area contributed by atoms with Crippen molar-refractivity contribution >= 4 is 89.3 Å². The summed E-state index contributed by atoms with van der Waals surface area (Å²) in [5, 5.41) is 36.6. The number of amides is 6. The van der Waals surface area contributed by atoms with Crippen molar-refractivity contribution in [1.82, 2.24) is 59.1 Å². The van der Waals surface area contributed by atoms with Crippen LogP contribution in [0, 0.1) is 0 Å². The number of aliphatic hydroxyl groups excluding tert-OH is 2. The summed E-state index contributed by atoms with van der Waals surface area (Å²) in [7, 11) is -7.47. The molecule has 3 saturated heterocycles. The summed E-state index contributed by atoms with van der Waals surface area (Å²) in [6.07, 6.45) is 2.02. The first kappa shape index (κ1) is 61.7. The van der Waals surface area contributed by atoms with E-state index in [2.05, 4.69) is 71.2 Å². The van der Waals surface area contributed by atoms with Gasteiger partial charge in [-0.15, -0.1) is 0 Å². The maximum atomic E-state index is 12.9. The SMILES string of the molecule is CCCCCNS(=O)(=O)c1cccc(NC(=O)Nc2ncnc3c2ncn3[C@@H]2O[C@H](C(=O)NCC)[C@@H](O)[C@H]2O)c1.CCCCCNS(=O)(=O)c1cccc(NC(=O)Nc2ncnc3c2ncn3[C@@H]2O[C@H](C(=O)NCC)[C@H]3OC(C)(C)O[C@H]32)c1. The molecular weight excluding hydrogens is 1120 g/mol. The van der Waals surface area contributed by atoms with Crippen LogP contribution in [0.5, 0.6) is 0 Å². The lowest BCUT2D eigenvalue weighted by Gasteiger charge is -2.24. The highest BCUT2D eigenvalue weighted by Gasteiger charge is 2.58. The Bertz CT molecular complexity index is 3510. The largest absolute Gasteiger partial charge is 0.387 e. The summed E-state index contributed by atoms with van der Waals surface area (Å²) >= 11 is 0. The maximum absolute atomic E-state index is 12.9. The molecule has 0 bridgehead atoms. The van der Waals surface area contributed by atoms with Gasteiger partial charge in [-0.1, -0.05) is 51.7 Å². The molecule has 10 N–H and O–H groups in total. The molecule has 0 radical (unpaired) electrons. The summed E-state index contributed by atoms with van der Waals surface area (Å²) in [5.74, 6) is -1.68. The molecule has 0 unspecified atom stereocenters. The number of fused-ring (bicyclic) bond motifs is 3. The number of hydrogen-bond donors (Lipinski definition) is 10. The van der Waals surface area contributed by atoms with Crippen LogP contribution in [-0.4, -0.2) is 159 Å². The molecule has 3 aliphatic rings. The molecule has 9 rings (SSSR count). The van der Waals surface area contributed by atoms with Crippen LogP contribution < -0.4 is 41.3 Å². The molecule has 0 spiro atoms. The highest BCUT2D eigenvalue weighted by atomic mass is 32.2. The van der Waals surface area contributed by atoms with Crippen molar-refractivity contribution < 1.29 is 65.2 Å². The highest BCUT2D eigenvalue weighted by Crippen LogP contribution is 2.44. The minimum atomic E-state index is -3.74. The zero-order valence-electron chi connectivity index (χ0n) is 46.3. The molecule has 0 saturated carbocycles. The Morgan fingerprint density at radius 3 is 1.52 bits per heavy atom. The normalized spacial score (nSPS) is 21.9. The van der Waals surface area contributed by atoms with Gasteiger partial charge in [0.15, 0.2) is 64.4 Å². The lowest BCUT2D eigenvalue weighted by Crippen LogP contribution is -2.42. The van der Waals surface area contributed by atoms with Crippen LogP contribution in [0.4, 0.5) is 32.6 Å². The Balaban J connectivity index is 0.000000217. The van der Waals surface area contributed by atoms with Gasteiger partial charge in [0.25, 0.3) is 11.8 Å². The number of sulfonamides is 2. The van der Waals surface area contributed by atoms with Crippen LogP contribution in [0.2, 0.25) is 0 Å². The summed E-state index contributed by atoms with van der Waals surface area (Å²) in [6, 6.07) is 10.4. The number of rotatable bonds is 22. The standard InChI is InChI=1S/C27H36N8O7S.C24H32N8O7S/c1-5-7-8-12-32-43(38,39)17-11-9-10-16(13-17)33-26(37)34-22-18-23(30-14-29-22)35(15-31-18)25-21-19(41-27(3,4)42-21)20(40-25)24(36)28-6-2;1-3-5-6-10-29-40(37,38)15-9-7-8-14(11-15)30-24(36)31-20-16-21(27-12-26-20)32(13-28-16)23-18(34)17(33)19(39-23)22(35)25-4-2/h9-11,13-15,19-21,25,32H,5-8,12H2,1-4H3,(H,28,36)(H2,29,30,33,34,37);7-9,11-13,17-19,23,29,33-34H,3-6,10H2,1-2H3,(H,25,35)(H2,26,27,30,31,36)/t19-,20+,21-,25-;17-,18+,19-,23+/m10/s1. The molecule has 7 heterocycles. The van der Waals surface area contributed by atoms with Crippen LogP contribution in [0.3, 0.4) is 0 Å². The molecule has 6 aromatic rings. The van der Waals surface area contributed by atoms with Crippen molar-refractivity contribution in [2.45, 2.75) is 145 Å². The van der Waals surface area contributed by atoms with Crippen LogP contribution in [0.1, 0.15) is 92.5 Å². The van der Waals surface area contributed by atoms with Crippen molar-refractivity contribution in [3.05, 3.63) is 73.8 Å². The summed E-state index contributed by atoms with van der Waals surface area (Å²) in [4.78, 5) is 75.9. The van der Waals surface area contributed by atoms with Crippen LogP contribution in [0.15, 0.2) is 83.6 Å². The Morgan fingerprint density at radius 2 is 1.04 bits per heavy atom. The number of aromatic nitrogens is 8. The number of carbonyl (C=O) groups is 4. The fourth-order valence-electron chi connectivity index (χ4n) is 9.28. The molecule has 83 heavy (non-hydrogen) atoms. The number of nitrogens with one attached hydrogen (secondary N) is 8. The van der Waals surface area contributed by atoms with Gasteiger partial charge in [0.1, 0.15) is 37.1 Å². The first-order valence-corrected chi connectivity index (χ1v) is 29.9. The molecule has 6 amide bonds. The molecule has 3 aliphatic heterocycles. The Morgan fingerprint density at radius 1 is 0.578 bits per heavy atom. The fourth-order valence-corrected chi connectivity index (χ4v) is 11.5. The average molecular weight is 1190 g/mol. The third-order valence-corrected chi connectivity index (χ3v) is 16.1. The van der Waals surface area contributed by atoms with E-state index >= 15 is 0 Å². The van der Waals surface area contributed by atoms with Gasteiger partial charge < -0.3 is 50.4 Å². The maximum Gasteiger partial charge on any atom is 0.324 e. The quantitative estimate of drug-likeness (QED) is 0.0436. The number of ether oxygens (including phenoxy) is 4. The minimum absolute atomic E-state index is 0.00759. The van der Waals surface area contributed by atoms with E-state index in [1.165, 1.54) is 59.9 Å². The van der Waals surface area contributed by atoms with E-state index in [9.17, 15) is 46.2 Å². The second kappa shape index (κ2) is 26.9. The van der Waals surface area contributed by atoms with Crippen molar-refractivity contribution in [2.75, 3.05) is 47.4 Å². The molecule has 30 nitrogen and oxygen atoms in total. The van der Waals surface area contributed by atoms with Crippen molar-refractivity contribution in [1.29, 1.82) is 0 Å². The Labute approximate surface area is 477 Å². The second-order valence-corrected chi connectivity index (χ2v) is 23.3. The lowest BCUT2D eigenvalue weighted by molar-refractivity contribution is -0.197. The van der Waals surface area contributed by atoms with Gasteiger partial charge in [-0.2, -0.15) is 0 Å². The summed E-state index contributed by atoms with van der Waals surface area (Å²) in [6.45, 7) is 12.5. The molecule has 8 atom stereocenters. The number of benzene rings is 2.